The van der Waals surface area contributed by atoms with Gasteiger partial charge in [0, 0.05) is 17.1 Å². The zero-order valence-corrected chi connectivity index (χ0v) is 24.9. The van der Waals surface area contributed by atoms with Gasteiger partial charge in [-0.15, -0.1) is 0 Å². The quantitative estimate of drug-likeness (QED) is 0.0785. The van der Waals surface area contributed by atoms with Crippen molar-refractivity contribution in [2.75, 3.05) is 33.2 Å². The standard InChI is InChI=1S/C26H24N12O6S2/c27-21-33-22(28)35-24(34-21)31-17-10-8-14(19(12-17)45(39,40)41)6-7-15-9-11-18(13-20(15)46(42,43)44)32-26-37-23(29)36-25(38-26)30-16-4-2-1-3-5-16/h1-13H,(H,39,40,41)(H,42,43,44)(H5,27,28,31,33,34,35)(H4,29,30,32,36,37,38). The number of hydrogen-bond donors (Lipinski definition) is 8. The maximum absolute atomic E-state index is 12.3. The van der Waals surface area contributed by atoms with Gasteiger partial charge in [-0.2, -0.15) is 46.7 Å². The number of aromatic nitrogens is 6. The molecule has 0 fully saturated rings. The van der Waals surface area contributed by atoms with Gasteiger partial charge in [-0.25, -0.2) is 0 Å². The van der Waals surface area contributed by atoms with Crippen molar-refractivity contribution < 1.29 is 25.9 Å². The zero-order chi connectivity index (χ0) is 33.1. The number of nitrogen functional groups attached to an aromatic ring is 3. The van der Waals surface area contributed by atoms with E-state index < -0.39 is 30.0 Å². The number of benzene rings is 3. The lowest BCUT2D eigenvalue weighted by atomic mass is 10.1. The number of nitrogens with one attached hydrogen (secondary N) is 3. The topological polar surface area (TPSA) is 300 Å². The number of anilines is 9. The van der Waals surface area contributed by atoms with Crippen LogP contribution in [0.15, 0.2) is 76.5 Å². The van der Waals surface area contributed by atoms with E-state index in [1.165, 1.54) is 36.4 Å². The lowest BCUT2D eigenvalue weighted by molar-refractivity contribution is 0.480. The molecule has 11 N–H and O–H groups in total. The van der Waals surface area contributed by atoms with Crippen molar-refractivity contribution in [3.63, 3.8) is 0 Å². The van der Waals surface area contributed by atoms with E-state index in [0.29, 0.717) is 5.69 Å². The van der Waals surface area contributed by atoms with Crippen LogP contribution in [-0.4, -0.2) is 55.8 Å². The monoisotopic (exact) mass is 664 g/mol. The highest BCUT2D eigenvalue weighted by molar-refractivity contribution is 7.86. The summed E-state index contributed by atoms with van der Waals surface area (Å²) in [6, 6.07) is 16.8. The maximum atomic E-state index is 12.3. The van der Waals surface area contributed by atoms with E-state index in [4.69, 9.17) is 17.2 Å². The summed E-state index contributed by atoms with van der Waals surface area (Å²) in [5, 5.41) is 8.49. The molecule has 20 heteroatoms. The fourth-order valence-electron chi connectivity index (χ4n) is 4.00. The van der Waals surface area contributed by atoms with Crippen LogP contribution in [0.2, 0.25) is 0 Å². The van der Waals surface area contributed by atoms with Crippen molar-refractivity contribution in [1.29, 1.82) is 0 Å². The second kappa shape index (κ2) is 12.6. The molecule has 5 aromatic rings. The van der Waals surface area contributed by atoms with Crippen LogP contribution >= 0.6 is 0 Å². The molecular weight excluding hydrogens is 640 g/mol. The Morgan fingerprint density at radius 1 is 0.522 bits per heavy atom. The SMILES string of the molecule is Nc1nc(N)nc(Nc2ccc(C=Cc3ccc(Nc4nc(N)nc(Nc5ccccc5)n4)cc3S(=O)(=O)O)c(S(=O)(=O)O)c2)n1. The van der Waals surface area contributed by atoms with Gasteiger partial charge in [-0.1, -0.05) is 42.5 Å². The molecule has 0 unspecified atom stereocenters. The highest BCUT2D eigenvalue weighted by Gasteiger charge is 2.18. The smallest absolute Gasteiger partial charge is 0.295 e. The van der Waals surface area contributed by atoms with E-state index in [-0.39, 0.29) is 58.2 Å². The van der Waals surface area contributed by atoms with E-state index in [9.17, 15) is 25.9 Å². The minimum atomic E-state index is -4.80. The Morgan fingerprint density at radius 3 is 1.35 bits per heavy atom. The first-order valence-corrected chi connectivity index (χ1v) is 15.7. The minimum Gasteiger partial charge on any atom is -0.368 e. The van der Waals surface area contributed by atoms with Gasteiger partial charge in [0.25, 0.3) is 20.2 Å². The van der Waals surface area contributed by atoms with Crippen molar-refractivity contribution in [2.24, 2.45) is 0 Å². The molecule has 0 aliphatic rings. The summed E-state index contributed by atoms with van der Waals surface area (Å²) in [6.07, 6.45) is 2.47. The normalized spacial score (nSPS) is 11.8. The van der Waals surface area contributed by atoms with Crippen molar-refractivity contribution >= 4 is 85.1 Å². The lowest BCUT2D eigenvalue weighted by Crippen LogP contribution is -2.08. The summed E-state index contributed by atoms with van der Waals surface area (Å²) in [7, 11) is -9.58. The first-order chi connectivity index (χ1) is 21.7. The van der Waals surface area contributed by atoms with Crippen molar-refractivity contribution in [3.8, 4) is 0 Å². The first-order valence-electron chi connectivity index (χ1n) is 12.8. The van der Waals surface area contributed by atoms with Crippen LogP contribution in [0.3, 0.4) is 0 Å². The predicted molar refractivity (Wildman–Crippen MR) is 171 cm³/mol. The van der Waals surface area contributed by atoms with Gasteiger partial charge >= 0.3 is 0 Å². The Labute approximate surface area is 261 Å². The van der Waals surface area contributed by atoms with E-state index in [0.717, 1.165) is 12.1 Å². The molecule has 5 rings (SSSR count). The van der Waals surface area contributed by atoms with Gasteiger partial charge in [0.1, 0.15) is 9.79 Å². The number of hydrogen-bond acceptors (Lipinski definition) is 16. The summed E-state index contributed by atoms with van der Waals surface area (Å²) in [4.78, 5) is 22.5. The summed E-state index contributed by atoms with van der Waals surface area (Å²) in [6.45, 7) is 0. The number of rotatable bonds is 10. The van der Waals surface area contributed by atoms with Gasteiger partial charge in [-0.3, -0.25) is 9.11 Å². The summed E-state index contributed by atoms with van der Waals surface area (Å²) >= 11 is 0. The fourth-order valence-corrected chi connectivity index (χ4v) is 5.42. The molecule has 3 aromatic carbocycles. The highest BCUT2D eigenvalue weighted by Crippen LogP contribution is 2.28. The molecule has 0 saturated heterocycles. The molecule has 2 aromatic heterocycles. The van der Waals surface area contributed by atoms with Crippen LogP contribution in [0, 0.1) is 0 Å². The molecule has 0 spiro atoms. The average molecular weight is 665 g/mol. The van der Waals surface area contributed by atoms with Gasteiger partial charge in [0.2, 0.25) is 35.7 Å². The van der Waals surface area contributed by atoms with Crippen LogP contribution in [0.1, 0.15) is 11.1 Å². The third-order valence-electron chi connectivity index (χ3n) is 5.89. The van der Waals surface area contributed by atoms with Crippen molar-refractivity contribution in [1.82, 2.24) is 29.9 Å². The van der Waals surface area contributed by atoms with Gasteiger partial charge in [0.05, 0.1) is 0 Å². The van der Waals surface area contributed by atoms with Gasteiger partial charge in [0.15, 0.2) is 0 Å². The van der Waals surface area contributed by atoms with Gasteiger partial charge < -0.3 is 33.2 Å². The molecule has 0 bridgehead atoms. The van der Waals surface area contributed by atoms with Crippen LogP contribution in [0.4, 0.5) is 52.8 Å². The Hall–Kier alpha value is -5.96. The summed E-state index contributed by atoms with van der Waals surface area (Å²) in [5.41, 5.74) is 17.9. The van der Waals surface area contributed by atoms with E-state index in [2.05, 4.69) is 45.9 Å². The Kier molecular flexibility index (Phi) is 8.60. The molecule has 0 atom stereocenters. The lowest BCUT2D eigenvalue weighted by Gasteiger charge is -2.11. The van der Waals surface area contributed by atoms with Gasteiger partial charge in [-0.05, 0) is 47.5 Å². The number of nitrogens with zero attached hydrogens (tertiary/aromatic N) is 6. The summed E-state index contributed by atoms with van der Waals surface area (Å²) < 4.78 is 68.9. The predicted octanol–water partition coefficient (Wildman–Crippen LogP) is 2.70. The Balaban J connectivity index is 1.43. The minimum absolute atomic E-state index is 0.0192. The number of nitrogens with two attached hydrogens (primary N) is 3. The largest absolute Gasteiger partial charge is 0.368 e. The molecule has 18 nitrogen and oxygen atoms in total. The molecule has 0 amide bonds. The first kappa shape index (κ1) is 31.5. The molecule has 0 radical (unpaired) electrons. The molecule has 46 heavy (non-hydrogen) atoms. The van der Waals surface area contributed by atoms with E-state index in [1.807, 2.05) is 18.2 Å². The van der Waals surface area contributed by atoms with Crippen molar-refractivity contribution in [3.05, 3.63) is 77.9 Å². The average Bonchev–Trinajstić information content (AvgIpc) is 2.95. The molecule has 0 aliphatic heterocycles. The fraction of sp³-hybridized carbons (Fsp3) is 0. The zero-order valence-electron chi connectivity index (χ0n) is 23.3. The second-order valence-electron chi connectivity index (χ2n) is 9.25. The van der Waals surface area contributed by atoms with Crippen LogP contribution in [0.5, 0.6) is 0 Å². The van der Waals surface area contributed by atoms with Crippen LogP contribution in [-0.2, 0) is 20.2 Å². The molecule has 0 saturated carbocycles. The highest BCUT2D eigenvalue weighted by atomic mass is 32.2. The molecular formula is C26H24N12O6S2. The second-order valence-corrected chi connectivity index (χ2v) is 12.0. The third kappa shape index (κ3) is 7.95. The van der Waals surface area contributed by atoms with E-state index in [1.54, 1.807) is 12.1 Å². The van der Waals surface area contributed by atoms with E-state index >= 15 is 0 Å². The summed E-state index contributed by atoms with van der Waals surface area (Å²) in [5.74, 6) is -0.462. The molecule has 236 valence electrons. The van der Waals surface area contributed by atoms with Crippen LogP contribution in [0.25, 0.3) is 12.2 Å². The maximum Gasteiger partial charge on any atom is 0.295 e. The molecule has 2 heterocycles. The third-order valence-corrected chi connectivity index (χ3v) is 7.71. The Bertz CT molecular complexity index is 2160. The number of para-hydroxylation sites is 1. The van der Waals surface area contributed by atoms with Crippen LogP contribution < -0.4 is 33.2 Å². The Morgan fingerprint density at radius 2 is 0.913 bits per heavy atom. The molecule has 0 aliphatic carbocycles. The van der Waals surface area contributed by atoms with Crippen molar-refractivity contribution in [2.45, 2.75) is 9.79 Å².